The van der Waals surface area contributed by atoms with Crippen LogP contribution in [0.5, 0.6) is 0 Å². The third kappa shape index (κ3) is 2.06. The highest BCUT2D eigenvalue weighted by molar-refractivity contribution is 9.10. The largest absolute Gasteiger partial charge is 0.454 e. The van der Waals surface area contributed by atoms with Gasteiger partial charge in [0.15, 0.2) is 0 Å². The van der Waals surface area contributed by atoms with E-state index in [0.717, 1.165) is 37.2 Å². The van der Waals surface area contributed by atoms with Gasteiger partial charge in [-0.15, -0.1) is 0 Å². The Bertz CT molecular complexity index is 954. The maximum absolute atomic E-state index is 6.15. The monoisotopic (exact) mass is 356 g/mol. The van der Waals surface area contributed by atoms with Crippen molar-refractivity contribution in [2.45, 2.75) is 0 Å². The van der Waals surface area contributed by atoms with E-state index >= 15 is 0 Å². The molecule has 4 rings (SSSR count). The number of hydrogen-bond acceptors (Lipinski definition) is 1. The van der Waals surface area contributed by atoms with Gasteiger partial charge in [0.05, 0.1) is 4.47 Å². The molecule has 4 aromatic rings. The summed E-state index contributed by atoms with van der Waals surface area (Å²) in [5.41, 5.74) is 1.91. The lowest BCUT2D eigenvalue weighted by Crippen LogP contribution is -1.74. The van der Waals surface area contributed by atoms with Crippen LogP contribution >= 0.6 is 27.5 Å². The number of furan rings is 1. The maximum atomic E-state index is 6.15. The molecule has 1 aromatic heterocycles. The van der Waals surface area contributed by atoms with E-state index in [1.807, 2.05) is 36.4 Å². The van der Waals surface area contributed by atoms with Gasteiger partial charge < -0.3 is 4.42 Å². The van der Waals surface area contributed by atoms with Crippen molar-refractivity contribution < 1.29 is 4.42 Å². The first-order valence-electron chi connectivity index (χ1n) is 6.60. The first-order valence-corrected chi connectivity index (χ1v) is 7.77. The van der Waals surface area contributed by atoms with Gasteiger partial charge in [-0.3, -0.25) is 0 Å². The zero-order valence-corrected chi connectivity index (χ0v) is 13.3. The summed E-state index contributed by atoms with van der Waals surface area (Å²) in [6.07, 6.45) is 0. The van der Waals surface area contributed by atoms with E-state index in [9.17, 15) is 0 Å². The maximum Gasteiger partial charge on any atom is 0.149 e. The normalized spacial score (nSPS) is 11.3. The molecular weight excluding hydrogens is 348 g/mol. The fourth-order valence-electron chi connectivity index (χ4n) is 2.58. The number of halogens is 2. The first kappa shape index (κ1) is 12.9. The van der Waals surface area contributed by atoms with Crippen molar-refractivity contribution in [2.24, 2.45) is 0 Å². The van der Waals surface area contributed by atoms with Crippen molar-refractivity contribution in [3.63, 3.8) is 0 Å². The molecule has 0 saturated heterocycles. The van der Waals surface area contributed by atoms with E-state index in [1.54, 1.807) is 0 Å². The molecule has 0 fully saturated rings. The average molecular weight is 358 g/mol. The smallest absolute Gasteiger partial charge is 0.149 e. The van der Waals surface area contributed by atoms with Gasteiger partial charge in [0.2, 0.25) is 0 Å². The molecular formula is C18H10BrClO. The van der Waals surface area contributed by atoms with E-state index < -0.39 is 0 Å². The van der Waals surface area contributed by atoms with E-state index in [1.165, 1.54) is 5.39 Å². The molecule has 0 aliphatic heterocycles. The van der Waals surface area contributed by atoms with E-state index in [4.69, 9.17) is 16.0 Å². The Kier molecular flexibility index (Phi) is 3.02. The molecule has 0 aliphatic rings. The summed E-state index contributed by atoms with van der Waals surface area (Å²) >= 11 is 9.62. The van der Waals surface area contributed by atoms with E-state index in [-0.39, 0.29) is 0 Å². The van der Waals surface area contributed by atoms with Crippen LogP contribution in [0.1, 0.15) is 0 Å². The summed E-state index contributed by atoms with van der Waals surface area (Å²) in [6, 6.07) is 20.1. The summed E-state index contributed by atoms with van der Waals surface area (Å²) in [5.74, 6) is 0.831. The summed E-state index contributed by atoms with van der Waals surface area (Å²) in [4.78, 5) is 0. The fraction of sp³-hybridized carbons (Fsp3) is 0. The van der Waals surface area contributed by atoms with Gasteiger partial charge in [-0.05, 0) is 51.6 Å². The molecule has 21 heavy (non-hydrogen) atoms. The Labute approximate surface area is 135 Å². The second kappa shape index (κ2) is 4.90. The standard InChI is InChI=1S/C18H10BrClO/c19-16-15-10-7-11-3-1-2-4-14(11)18(15)21-17(16)12-5-8-13(20)9-6-12/h1-10H. The Morgan fingerprint density at radius 3 is 2.38 bits per heavy atom. The minimum absolute atomic E-state index is 0.719. The Balaban J connectivity index is 2.05. The number of hydrogen-bond donors (Lipinski definition) is 0. The predicted molar refractivity (Wildman–Crippen MR) is 91.9 cm³/mol. The molecule has 1 nitrogen and oxygen atoms in total. The zero-order chi connectivity index (χ0) is 14.4. The van der Waals surface area contributed by atoms with Crippen molar-refractivity contribution in [3.8, 4) is 11.3 Å². The van der Waals surface area contributed by atoms with Gasteiger partial charge in [0.1, 0.15) is 11.3 Å². The Morgan fingerprint density at radius 1 is 0.810 bits per heavy atom. The molecule has 0 saturated carbocycles. The molecule has 0 N–H and O–H groups in total. The Hall–Kier alpha value is -1.77. The molecule has 0 amide bonds. The fourth-order valence-corrected chi connectivity index (χ4v) is 3.33. The second-order valence-electron chi connectivity index (χ2n) is 4.92. The highest BCUT2D eigenvalue weighted by atomic mass is 79.9. The molecule has 102 valence electrons. The van der Waals surface area contributed by atoms with Crippen molar-refractivity contribution in [2.75, 3.05) is 0 Å². The highest BCUT2D eigenvalue weighted by Crippen LogP contribution is 2.40. The minimum atomic E-state index is 0.719. The lowest BCUT2D eigenvalue weighted by Gasteiger charge is -1.98. The third-order valence-electron chi connectivity index (χ3n) is 3.63. The topological polar surface area (TPSA) is 13.1 Å². The van der Waals surface area contributed by atoms with Crippen LogP contribution < -0.4 is 0 Å². The molecule has 1 heterocycles. The summed E-state index contributed by atoms with van der Waals surface area (Å²) in [6.45, 7) is 0. The predicted octanol–water partition coefficient (Wildman–Crippen LogP) is 6.67. The second-order valence-corrected chi connectivity index (χ2v) is 6.14. The minimum Gasteiger partial charge on any atom is -0.454 e. The van der Waals surface area contributed by atoms with Crippen LogP contribution in [-0.2, 0) is 0 Å². The first-order chi connectivity index (χ1) is 10.2. The van der Waals surface area contributed by atoms with Crippen LogP contribution in [0, 0.1) is 0 Å². The van der Waals surface area contributed by atoms with Gasteiger partial charge in [-0.1, -0.05) is 41.9 Å². The van der Waals surface area contributed by atoms with Crippen LogP contribution in [0.25, 0.3) is 33.1 Å². The molecule has 0 radical (unpaired) electrons. The molecule has 3 heteroatoms. The SMILES string of the molecule is Clc1ccc(-c2oc3c(ccc4ccccc43)c2Br)cc1. The van der Waals surface area contributed by atoms with Crippen molar-refractivity contribution in [1.29, 1.82) is 0 Å². The molecule has 0 spiro atoms. The molecule has 0 aliphatic carbocycles. The zero-order valence-electron chi connectivity index (χ0n) is 10.9. The Morgan fingerprint density at radius 2 is 1.57 bits per heavy atom. The van der Waals surface area contributed by atoms with Gasteiger partial charge in [-0.2, -0.15) is 0 Å². The van der Waals surface area contributed by atoms with Crippen molar-refractivity contribution >= 4 is 49.3 Å². The lowest BCUT2D eigenvalue weighted by molar-refractivity contribution is 0.633. The van der Waals surface area contributed by atoms with Gasteiger partial charge in [0, 0.05) is 21.4 Å². The third-order valence-corrected chi connectivity index (χ3v) is 4.67. The van der Waals surface area contributed by atoms with Crippen LogP contribution in [0.2, 0.25) is 5.02 Å². The average Bonchev–Trinajstić information content (AvgIpc) is 2.86. The van der Waals surface area contributed by atoms with Crippen LogP contribution in [-0.4, -0.2) is 0 Å². The van der Waals surface area contributed by atoms with Gasteiger partial charge >= 0.3 is 0 Å². The molecule has 0 bridgehead atoms. The number of rotatable bonds is 1. The van der Waals surface area contributed by atoms with E-state index in [2.05, 4.69) is 40.2 Å². The van der Waals surface area contributed by atoms with Gasteiger partial charge in [0.25, 0.3) is 0 Å². The van der Waals surface area contributed by atoms with Crippen LogP contribution in [0.4, 0.5) is 0 Å². The highest BCUT2D eigenvalue weighted by Gasteiger charge is 2.15. The lowest BCUT2D eigenvalue weighted by atomic mass is 10.1. The van der Waals surface area contributed by atoms with Crippen LogP contribution in [0.15, 0.2) is 69.6 Å². The van der Waals surface area contributed by atoms with E-state index in [0.29, 0.717) is 0 Å². The molecule has 0 unspecified atom stereocenters. The molecule has 3 aromatic carbocycles. The van der Waals surface area contributed by atoms with Crippen molar-refractivity contribution in [3.05, 3.63) is 70.2 Å². The van der Waals surface area contributed by atoms with Gasteiger partial charge in [-0.25, -0.2) is 0 Å². The number of benzene rings is 3. The van der Waals surface area contributed by atoms with Crippen molar-refractivity contribution in [1.82, 2.24) is 0 Å². The molecule has 0 atom stereocenters. The summed E-state index contributed by atoms with van der Waals surface area (Å²) < 4.78 is 7.13. The summed E-state index contributed by atoms with van der Waals surface area (Å²) in [7, 11) is 0. The number of fused-ring (bicyclic) bond motifs is 3. The quantitative estimate of drug-likeness (QED) is 0.371. The van der Waals surface area contributed by atoms with Crippen LogP contribution in [0.3, 0.4) is 0 Å². The summed E-state index contributed by atoms with van der Waals surface area (Å²) in [5, 5.41) is 4.10.